The Morgan fingerprint density at radius 3 is 2.50 bits per heavy atom. The van der Waals surface area contributed by atoms with Gasteiger partial charge in [-0.15, -0.1) is 0 Å². The van der Waals surface area contributed by atoms with E-state index in [9.17, 15) is 9.90 Å². The lowest BCUT2D eigenvalue weighted by Gasteiger charge is -2.33. The third-order valence-electron chi connectivity index (χ3n) is 4.74. The maximum absolute atomic E-state index is 12.5. The van der Waals surface area contributed by atoms with Crippen LogP contribution in [0.2, 0.25) is 0 Å². The zero-order chi connectivity index (χ0) is 17.9. The van der Waals surface area contributed by atoms with Crippen LogP contribution in [0.4, 0.5) is 16.2 Å². The lowest BCUT2D eigenvalue weighted by molar-refractivity contribution is 0.0117. The molecule has 24 heavy (non-hydrogen) atoms. The van der Waals surface area contributed by atoms with Gasteiger partial charge in [-0.1, -0.05) is 0 Å². The minimum absolute atomic E-state index is 0.131. The summed E-state index contributed by atoms with van der Waals surface area (Å²) in [5.74, 6) is 0. The predicted octanol–water partition coefficient (Wildman–Crippen LogP) is 3.69. The number of nitrogens with zero attached hydrogens (tertiary/aromatic N) is 2. The minimum atomic E-state index is -0.878. The van der Waals surface area contributed by atoms with E-state index in [1.54, 1.807) is 18.7 Å². The molecule has 2 rings (SSSR count). The van der Waals surface area contributed by atoms with Gasteiger partial charge in [0.2, 0.25) is 0 Å². The summed E-state index contributed by atoms with van der Waals surface area (Å²) < 4.78 is 0. The van der Waals surface area contributed by atoms with Crippen LogP contribution in [0, 0.1) is 0 Å². The van der Waals surface area contributed by atoms with E-state index in [-0.39, 0.29) is 12.1 Å². The average molecular weight is 333 g/mol. The van der Waals surface area contributed by atoms with E-state index >= 15 is 0 Å². The monoisotopic (exact) mass is 333 g/mol. The van der Waals surface area contributed by atoms with Crippen LogP contribution in [0.3, 0.4) is 0 Å². The smallest absolute Gasteiger partial charge is 0.322 e. The van der Waals surface area contributed by atoms with Gasteiger partial charge in [0.25, 0.3) is 0 Å². The number of rotatable bonds is 5. The topological polar surface area (TPSA) is 55.8 Å². The molecule has 0 bridgehead atoms. The van der Waals surface area contributed by atoms with Crippen LogP contribution in [0.15, 0.2) is 24.3 Å². The molecule has 5 nitrogen and oxygen atoms in total. The van der Waals surface area contributed by atoms with Crippen molar-refractivity contribution in [3.8, 4) is 0 Å². The lowest BCUT2D eigenvalue weighted by atomic mass is 9.97. The van der Waals surface area contributed by atoms with Crippen molar-refractivity contribution in [3.63, 3.8) is 0 Å². The highest BCUT2D eigenvalue weighted by Gasteiger charge is 2.38. The number of likely N-dealkylation sites (tertiary alicyclic amines) is 1. The van der Waals surface area contributed by atoms with Gasteiger partial charge >= 0.3 is 6.03 Å². The van der Waals surface area contributed by atoms with Gasteiger partial charge in [-0.25, -0.2) is 4.79 Å². The standard InChI is InChI=1S/C19H31N3O2/c1-6-21(14(2)3)16-11-9-15(10-12-16)20-18(23)22-13-7-8-17(22)19(4,5)24/h9-12,14,17,24H,6-8,13H2,1-5H3,(H,20,23). The molecule has 0 aromatic heterocycles. The number of nitrogens with one attached hydrogen (secondary N) is 1. The number of carbonyl (C=O) groups is 1. The maximum atomic E-state index is 12.5. The quantitative estimate of drug-likeness (QED) is 0.864. The molecule has 2 amide bonds. The number of hydrogen-bond acceptors (Lipinski definition) is 3. The van der Waals surface area contributed by atoms with E-state index in [1.165, 1.54) is 0 Å². The van der Waals surface area contributed by atoms with E-state index < -0.39 is 5.60 Å². The summed E-state index contributed by atoms with van der Waals surface area (Å²) in [4.78, 5) is 16.6. The molecule has 1 aliphatic rings. The molecule has 1 aliphatic heterocycles. The van der Waals surface area contributed by atoms with Crippen molar-refractivity contribution in [2.24, 2.45) is 0 Å². The summed E-state index contributed by atoms with van der Waals surface area (Å²) in [7, 11) is 0. The van der Waals surface area contributed by atoms with Gasteiger partial charge < -0.3 is 20.2 Å². The average Bonchev–Trinajstić information content (AvgIpc) is 2.99. The highest BCUT2D eigenvalue weighted by Crippen LogP contribution is 2.27. The summed E-state index contributed by atoms with van der Waals surface area (Å²) in [6.45, 7) is 11.7. The van der Waals surface area contributed by atoms with E-state index in [0.29, 0.717) is 12.6 Å². The third-order valence-corrected chi connectivity index (χ3v) is 4.74. The molecule has 0 radical (unpaired) electrons. The molecule has 1 saturated heterocycles. The number of hydrogen-bond donors (Lipinski definition) is 2. The van der Waals surface area contributed by atoms with Gasteiger partial charge in [0, 0.05) is 30.5 Å². The Morgan fingerprint density at radius 2 is 2.00 bits per heavy atom. The highest BCUT2D eigenvalue weighted by molar-refractivity contribution is 5.90. The molecule has 1 aromatic rings. The van der Waals surface area contributed by atoms with Crippen molar-refractivity contribution >= 4 is 17.4 Å². The van der Waals surface area contributed by atoms with Crippen molar-refractivity contribution in [2.75, 3.05) is 23.3 Å². The second-order valence-corrected chi connectivity index (χ2v) is 7.36. The van der Waals surface area contributed by atoms with Crippen LogP contribution in [0.25, 0.3) is 0 Å². The summed E-state index contributed by atoms with van der Waals surface area (Å²) in [5, 5.41) is 13.2. The molecular formula is C19H31N3O2. The van der Waals surface area contributed by atoms with Crippen LogP contribution < -0.4 is 10.2 Å². The van der Waals surface area contributed by atoms with E-state index in [1.807, 2.05) is 24.3 Å². The first kappa shape index (κ1) is 18.6. The number of urea groups is 1. The maximum Gasteiger partial charge on any atom is 0.322 e. The summed E-state index contributed by atoms with van der Waals surface area (Å²) in [6, 6.07) is 8.12. The number of amides is 2. The minimum Gasteiger partial charge on any atom is -0.388 e. The molecule has 0 spiro atoms. The SMILES string of the molecule is CCN(c1ccc(NC(=O)N2CCCC2C(C)(C)O)cc1)C(C)C. The van der Waals surface area contributed by atoms with Gasteiger partial charge in [-0.2, -0.15) is 0 Å². The molecule has 1 unspecified atom stereocenters. The molecule has 0 saturated carbocycles. The molecule has 1 aromatic carbocycles. The summed E-state index contributed by atoms with van der Waals surface area (Å²) >= 11 is 0. The zero-order valence-electron chi connectivity index (χ0n) is 15.5. The Hall–Kier alpha value is -1.75. The second-order valence-electron chi connectivity index (χ2n) is 7.36. The first-order valence-electron chi connectivity index (χ1n) is 8.90. The number of anilines is 2. The number of carbonyl (C=O) groups excluding carboxylic acids is 1. The van der Waals surface area contributed by atoms with Crippen LogP contribution in [-0.4, -0.2) is 46.8 Å². The molecule has 0 aliphatic carbocycles. The van der Waals surface area contributed by atoms with Gasteiger partial charge in [0.15, 0.2) is 0 Å². The lowest BCUT2D eigenvalue weighted by Crippen LogP contribution is -2.49. The van der Waals surface area contributed by atoms with Crippen molar-refractivity contribution in [1.29, 1.82) is 0 Å². The fourth-order valence-electron chi connectivity index (χ4n) is 3.52. The van der Waals surface area contributed by atoms with Crippen LogP contribution in [0.1, 0.15) is 47.5 Å². The fraction of sp³-hybridized carbons (Fsp3) is 0.632. The Kier molecular flexibility index (Phi) is 5.75. The van der Waals surface area contributed by atoms with Crippen LogP contribution in [-0.2, 0) is 0 Å². The van der Waals surface area contributed by atoms with Crippen molar-refractivity contribution in [1.82, 2.24) is 4.90 Å². The van der Waals surface area contributed by atoms with E-state index in [2.05, 4.69) is 31.0 Å². The third kappa shape index (κ3) is 4.20. The predicted molar refractivity (Wildman–Crippen MR) is 99.6 cm³/mol. The Bertz CT molecular complexity index is 549. The summed E-state index contributed by atoms with van der Waals surface area (Å²) in [6.07, 6.45) is 1.77. The Balaban J connectivity index is 2.04. The van der Waals surface area contributed by atoms with Gasteiger partial charge in [0.1, 0.15) is 0 Å². The van der Waals surface area contributed by atoms with Gasteiger partial charge in [-0.05, 0) is 71.7 Å². The molecular weight excluding hydrogens is 302 g/mol. The van der Waals surface area contributed by atoms with Crippen LogP contribution >= 0.6 is 0 Å². The van der Waals surface area contributed by atoms with Crippen molar-refractivity contribution in [2.45, 2.75) is 65.1 Å². The number of benzene rings is 1. The summed E-state index contributed by atoms with van der Waals surface area (Å²) in [5.41, 5.74) is 1.06. The van der Waals surface area contributed by atoms with E-state index in [4.69, 9.17) is 0 Å². The second kappa shape index (κ2) is 7.43. The Morgan fingerprint density at radius 1 is 1.38 bits per heavy atom. The van der Waals surface area contributed by atoms with Gasteiger partial charge in [-0.3, -0.25) is 0 Å². The first-order valence-corrected chi connectivity index (χ1v) is 8.90. The zero-order valence-corrected chi connectivity index (χ0v) is 15.5. The molecule has 1 heterocycles. The fourth-order valence-corrected chi connectivity index (χ4v) is 3.52. The molecule has 2 N–H and O–H groups in total. The molecule has 1 fully saturated rings. The van der Waals surface area contributed by atoms with Crippen LogP contribution in [0.5, 0.6) is 0 Å². The normalized spacial score (nSPS) is 18.1. The molecule has 5 heteroatoms. The largest absolute Gasteiger partial charge is 0.388 e. The van der Waals surface area contributed by atoms with Gasteiger partial charge in [0.05, 0.1) is 11.6 Å². The van der Waals surface area contributed by atoms with Crippen molar-refractivity contribution in [3.05, 3.63) is 24.3 Å². The Labute approximate surface area is 145 Å². The highest BCUT2D eigenvalue weighted by atomic mass is 16.3. The number of aliphatic hydroxyl groups is 1. The first-order chi connectivity index (χ1) is 11.2. The molecule has 1 atom stereocenters. The molecule has 134 valence electrons. The van der Waals surface area contributed by atoms with E-state index in [0.717, 1.165) is 30.8 Å². The van der Waals surface area contributed by atoms with Crippen molar-refractivity contribution < 1.29 is 9.90 Å².